The number of oxazole rings is 1. The summed E-state index contributed by atoms with van der Waals surface area (Å²) >= 11 is 0. The standard InChI is InChI=1S/C11H15NO/c1-5-8(2)6-7-11-9(3)13-10(4)12-11/h6-7H,2,5H2,1,3-4H3/b7-6-. The second kappa shape index (κ2) is 4.08. The highest BCUT2D eigenvalue weighted by molar-refractivity contribution is 5.50. The lowest BCUT2D eigenvalue weighted by Crippen LogP contribution is -1.76. The van der Waals surface area contributed by atoms with Crippen molar-refractivity contribution in [3.8, 4) is 0 Å². The van der Waals surface area contributed by atoms with Gasteiger partial charge in [0.25, 0.3) is 0 Å². The zero-order valence-electron chi connectivity index (χ0n) is 8.42. The molecule has 0 spiro atoms. The van der Waals surface area contributed by atoms with E-state index in [4.69, 9.17) is 4.42 Å². The van der Waals surface area contributed by atoms with E-state index in [1.54, 1.807) is 0 Å². The molecule has 13 heavy (non-hydrogen) atoms. The molecule has 0 unspecified atom stereocenters. The maximum atomic E-state index is 5.29. The second-order valence-electron chi connectivity index (χ2n) is 3.02. The number of hydrogen-bond donors (Lipinski definition) is 0. The Morgan fingerprint density at radius 3 is 2.69 bits per heavy atom. The predicted octanol–water partition coefficient (Wildman–Crippen LogP) is 3.27. The molecule has 1 rings (SSSR count). The van der Waals surface area contributed by atoms with Crippen LogP contribution in [0.5, 0.6) is 0 Å². The Bertz CT molecular complexity index is 334. The average molecular weight is 177 g/mol. The molecular formula is C11H15NO. The van der Waals surface area contributed by atoms with E-state index in [1.165, 1.54) is 0 Å². The van der Waals surface area contributed by atoms with Crippen molar-refractivity contribution < 1.29 is 4.42 Å². The number of allylic oxidation sites excluding steroid dienone is 2. The largest absolute Gasteiger partial charge is 0.446 e. The molecule has 0 N–H and O–H groups in total. The molecule has 0 bridgehead atoms. The molecule has 0 saturated carbocycles. The highest BCUT2D eigenvalue weighted by Crippen LogP contribution is 2.12. The fourth-order valence-electron chi connectivity index (χ4n) is 1.01. The summed E-state index contributed by atoms with van der Waals surface area (Å²) in [5.74, 6) is 1.57. The van der Waals surface area contributed by atoms with Crippen molar-refractivity contribution in [3.63, 3.8) is 0 Å². The van der Waals surface area contributed by atoms with Crippen LogP contribution in [0.25, 0.3) is 6.08 Å². The maximum Gasteiger partial charge on any atom is 0.191 e. The Kier molecular flexibility index (Phi) is 3.07. The van der Waals surface area contributed by atoms with Crippen LogP contribution in [-0.2, 0) is 0 Å². The molecule has 0 aliphatic heterocycles. The van der Waals surface area contributed by atoms with Crippen LogP contribution in [0.15, 0.2) is 22.6 Å². The van der Waals surface area contributed by atoms with Gasteiger partial charge in [0.1, 0.15) is 11.5 Å². The molecule has 2 nitrogen and oxygen atoms in total. The zero-order valence-corrected chi connectivity index (χ0v) is 8.42. The molecule has 0 amide bonds. The highest BCUT2D eigenvalue weighted by Gasteiger charge is 2.01. The lowest BCUT2D eigenvalue weighted by atomic mass is 10.2. The van der Waals surface area contributed by atoms with Crippen LogP contribution >= 0.6 is 0 Å². The van der Waals surface area contributed by atoms with Crippen LogP contribution in [0.2, 0.25) is 0 Å². The van der Waals surface area contributed by atoms with E-state index in [2.05, 4.69) is 18.5 Å². The minimum Gasteiger partial charge on any atom is -0.446 e. The van der Waals surface area contributed by atoms with E-state index in [-0.39, 0.29) is 0 Å². The summed E-state index contributed by atoms with van der Waals surface area (Å²) in [5.41, 5.74) is 1.99. The van der Waals surface area contributed by atoms with Gasteiger partial charge < -0.3 is 4.42 Å². The normalized spacial score (nSPS) is 11.0. The Balaban J connectivity index is 2.79. The van der Waals surface area contributed by atoms with E-state index in [0.29, 0.717) is 5.89 Å². The van der Waals surface area contributed by atoms with Gasteiger partial charge in [-0.25, -0.2) is 4.98 Å². The predicted molar refractivity (Wildman–Crippen MR) is 54.4 cm³/mol. The van der Waals surface area contributed by atoms with Crippen LogP contribution in [0.3, 0.4) is 0 Å². The molecule has 0 aliphatic rings. The van der Waals surface area contributed by atoms with Crippen LogP contribution < -0.4 is 0 Å². The van der Waals surface area contributed by atoms with Gasteiger partial charge in [-0.05, 0) is 19.4 Å². The van der Waals surface area contributed by atoms with Gasteiger partial charge in [-0.2, -0.15) is 0 Å². The van der Waals surface area contributed by atoms with E-state index in [1.807, 2.05) is 26.0 Å². The molecule has 70 valence electrons. The van der Waals surface area contributed by atoms with Crippen molar-refractivity contribution in [2.75, 3.05) is 0 Å². The smallest absolute Gasteiger partial charge is 0.191 e. The summed E-state index contributed by atoms with van der Waals surface area (Å²) in [6.07, 6.45) is 4.88. The van der Waals surface area contributed by atoms with E-state index < -0.39 is 0 Å². The average Bonchev–Trinajstić information content (AvgIpc) is 2.41. The first kappa shape index (κ1) is 9.78. The highest BCUT2D eigenvalue weighted by atomic mass is 16.4. The third-order valence-electron chi connectivity index (χ3n) is 1.87. The summed E-state index contributed by atoms with van der Waals surface area (Å²) in [6.45, 7) is 9.71. The molecule has 0 aliphatic carbocycles. The first-order chi connectivity index (χ1) is 6.13. The monoisotopic (exact) mass is 177 g/mol. The van der Waals surface area contributed by atoms with Gasteiger partial charge in [0.2, 0.25) is 0 Å². The fourth-order valence-corrected chi connectivity index (χ4v) is 1.01. The Morgan fingerprint density at radius 1 is 1.54 bits per heavy atom. The molecule has 1 aromatic heterocycles. The quantitative estimate of drug-likeness (QED) is 0.662. The maximum absolute atomic E-state index is 5.29. The fraction of sp³-hybridized carbons (Fsp3) is 0.364. The van der Waals surface area contributed by atoms with E-state index in [9.17, 15) is 0 Å². The van der Waals surface area contributed by atoms with Crippen LogP contribution in [0.4, 0.5) is 0 Å². The molecular weight excluding hydrogens is 162 g/mol. The second-order valence-corrected chi connectivity index (χ2v) is 3.02. The molecule has 0 fully saturated rings. The summed E-state index contributed by atoms with van der Waals surface area (Å²) in [5, 5.41) is 0. The number of hydrogen-bond acceptors (Lipinski definition) is 2. The van der Waals surface area contributed by atoms with Gasteiger partial charge in [-0.1, -0.05) is 25.2 Å². The lowest BCUT2D eigenvalue weighted by Gasteiger charge is -1.90. The van der Waals surface area contributed by atoms with Crippen LogP contribution in [0, 0.1) is 13.8 Å². The SMILES string of the molecule is C=C(/C=C\c1nc(C)oc1C)CC. The molecule has 0 aromatic carbocycles. The Hall–Kier alpha value is -1.31. The van der Waals surface area contributed by atoms with Crippen molar-refractivity contribution in [2.45, 2.75) is 27.2 Å². The van der Waals surface area contributed by atoms with E-state index in [0.717, 1.165) is 23.4 Å². The number of aromatic nitrogens is 1. The molecule has 0 saturated heterocycles. The third-order valence-corrected chi connectivity index (χ3v) is 1.87. The van der Waals surface area contributed by atoms with E-state index >= 15 is 0 Å². The first-order valence-corrected chi connectivity index (χ1v) is 4.43. The van der Waals surface area contributed by atoms with Gasteiger partial charge in [-0.15, -0.1) is 0 Å². The molecule has 0 atom stereocenters. The van der Waals surface area contributed by atoms with Crippen molar-refractivity contribution in [3.05, 3.63) is 35.6 Å². The molecule has 1 heterocycles. The first-order valence-electron chi connectivity index (χ1n) is 4.43. The molecule has 1 aromatic rings. The lowest BCUT2D eigenvalue weighted by molar-refractivity contribution is 0.494. The Labute approximate surface area is 79.0 Å². The molecule has 0 radical (unpaired) electrons. The summed E-state index contributed by atoms with van der Waals surface area (Å²) in [6, 6.07) is 0. The van der Waals surface area contributed by atoms with Gasteiger partial charge in [0, 0.05) is 6.92 Å². The topological polar surface area (TPSA) is 26.0 Å². The van der Waals surface area contributed by atoms with Crippen molar-refractivity contribution in [1.29, 1.82) is 0 Å². The van der Waals surface area contributed by atoms with Gasteiger partial charge in [-0.3, -0.25) is 0 Å². The van der Waals surface area contributed by atoms with Crippen molar-refractivity contribution in [1.82, 2.24) is 4.98 Å². The number of nitrogens with zero attached hydrogens (tertiary/aromatic N) is 1. The van der Waals surface area contributed by atoms with Crippen LogP contribution in [-0.4, -0.2) is 4.98 Å². The Morgan fingerprint density at radius 2 is 2.23 bits per heavy atom. The zero-order chi connectivity index (χ0) is 9.84. The third kappa shape index (κ3) is 2.58. The summed E-state index contributed by atoms with van der Waals surface area (Å²) < 4.78 is 5.29. The summed E-state index contributed by atoms with van der Waals surface area (Å²) in [4.78, 5) is 4.22. The minimum absolute atomic E-state index is 0.708. The number of rotatable bonds is 3. The molecule has 2 heteroatoms. The van der Waals surface area contributed by atoms with Gasteiger partial charge in [0.15, 0.2) is 5.89 Å². The van der Waals surface area contributed by atoms with Crippen molar-refractivity contribution in [2.24, 2.45) is 0 Å². The minimum atomic E-state index is 0.708. The van der Waals surface area contributed by atoms with Gasteiger partial charge in [0.05, 0.1) is 0 Å². The van der Waals surface area contributed by atoms with Gasteiger partial charge >= 0.3 is 0 Å². The summed E-state index contributed by atoms with van der Waals surface area (Å²) in [7, 11) is 0. The number of aryl methyl sites for hydroxylation is 2. The van der Waals surface area contributed by atoms with Crippen molar-refractivity contribution >= 4 is 6.08 Å². The van der Waals surface area contributed by atoms with Crippen LogP contribution in [0.1, 0.15) is 30.7 Å².